The highest BCUT2D eigenvalue weighted by Gasteiger charge is 2.34. The topological polar surface area (TPSA) is 70.7 Å². The molecule has 0 bridgehead atoms. The van der Waals surface area contributed by atoms with Gasteiger partial charge in [0.25, 0.3) is 5.91 Å². The van der Waals surface area contributed by atoms with E-state index in [0.29, 0.717) is 36.9 Å². The van der Waals surface area contributed by atoms with Gasteiger partial charge in [-0.15, -0.1) is 0 Å². The number of amides is 2. The van der Waals surface area contributed by atoms with Crippen LogP contribution in [0.3, 0.4) is 0 Å². The standard InChI is InChI=1S/C30H38F3N3O3/c1-3-30(33,4-2)17-22-12-8-9-15-36(22)19-39-25-14-13-23(20-10-6-5-7-11-20)26(27(25)32)29(38)35-28(37)24-16-21(31)18-34-24/h5-7,10-11,13-14,21-22,24,34H,3-4,8-9,12,15-19H2,1-2H3,(H,35,37,38)/t21-,22?,24-/m0/s1. The van der Waals surface area contributed by atoms with Crippen LogP contribution in [0.1, 0.15) is 69.2 Å². The highest BCUT2D eigenvalue weighted by molar-refractivity contribution is 6.10. The Morgan fingerprint density at radius 2 is 1.87 bits per heavy atom. The number of nitrogens with one attached hydrogen (secondary N) is 2. The molecule has 2 aromatic carbocycles. The van der Waals surface area contributed by atoms with E-state index in [-0.39, 0.29) is 37.1 Å². The number of nitrogens with zero attached hydrogens (tertiary/aromatic N) is 1. The van der Waals surface area contributed by atoms with E-state index in [4.69, 9.17) is 4.74 Å². The number of alkyl halides is 2. The summed E-state index contributed by atoms with van der Waals surface area (Å²) in [6.45, 7) is 4.50. The van der Waals surface area contributed by atoms with Gasteiger partial charge in [-0.2, -0.15) is 0 Å². The molecule has 2 aliphatic rings. The zero-order valence-electron chi connectivity index (χ0n) is 22.7. The Kier molecular flexibility index (Phi) is 9.67. The van der Waals surface area contributed by atoms with Crippen LogP contribution in [0.5, 0.6) is 5.75 Å². The molecule has 0 saturated carbocycles. The van der Waals surface area contributed by atoms with Crippen LogP contribution in [0.2, 0.25) is 0 Å². The molecule has 2 fully saturated rings. The molecule has 39 heavy (non-hydrogen) atoms. The predicted molar refractivity (Wildman–Crippen MR) is 144 cm³/mol. The van der Waals surface area contributed by atoms with Crippen molar-refractivity contribution in [1.29, 1.82) is 0 Å². The SMILES string of the molecule is CCC(F)(CC)CC1CCCCN1COc1ccc(-c2ccccc2)c(C(=O)NC(=O)[C@@H]2C[C@H](F)CN2)c1F. The van der Waals surface area contributed by atoms with E-state index in [0.717, 1.165) is 19.3 Å². The van der Waals surface area contributed by atoms with E-state index in [2.05, 4.69) is 10.6 Å². The number of carbonyl (C=O) groups excluding carboxylic acids is 2. The normalized spacial score (nSPS) is 22.0. The smallest absolute Gasteiger partial charge is 0.261 e. The minimum Gasteiger partial charge on any atom is -0.475 e. The predicted octanol–water partition coefficient (Wildman–Crippen LogP) is 5.56. The molecule has 0 spiro atoms. The van der Waals surface area contributed by atoms with Gasteiger partial charge >= 0.3 is 0 Å². The fourth-order valence-electron chi connectivity index (χ4n) is 5.48. The molecule has 2 N–H and O–H groups in total. The molecule has 0 aliphatic carbocycles. The van der Waals surface area contributed by atoms with Crippen molar-refractivity contribution in [3.05, 3.63) is 53.8 Å². The molecular weight excluding hydrogens is 507 g/mol. The van der Waals surface area contributed by atoms with Crippen LogP contribution in [-0.2, 0) is 4.79 Å². The molecule has 212 valence electrons. The van der Waals surface area contributed by atoms with Gasteiger partial charge in [0.05, 0.1) is 11.6 Å². The Hall–Kier alpha value is -2.91. The lowest BCUT2D eigenvalue weighted by molar-refractivity contribution is -0.121. The van der Waals surface area contributed by atoms with Crippen LogP contribution in [0.25, 0.3) is 11.1 Å². The fraction of sp³-hybridized carbons (Fsp3) is 0.533. The number of rotatable bonds is 10. The quantitative estimate of drug-likeness (QED) is 0.383. The summed E-state index contributed by atoms with van der Waals surface area (Å²) in [5, 5.41) is 4.96. The summed E-state index contributed by atoms with van der Waals surface area (Å²) < 4.78 is 50.6. The van der Waals surface area contributed by atoms with Crippen molar-refractivity contribution in [3.8, 4) is 16.9 Å². The van der Waals surface area contributed by atoms with Gasteiger partial charge in [0.1, 0.15) is 18.6 Å². The Bertz CT molecular complexity index is 1140. The van der Waals surface area contributed by atoms with E-state index < -0.39 is 35.5 Å². The second kappa shape index (κ2) is 13.0. The minimum absolute atomic E-state index is 0.0195. The molecule has 2 saturated heterocycles. The van der Waals surface area contributed by atoms with Crippen molar-refractivity contribution in [3.63, 3.8) is 0 Å². The molecule has 3 atom stereocenters. The second-order valence-electron chi connectivity index (χ2n) is 10.6. The first kappa shape index (κ1) is 29.1. The van der Waals surface area contributed by atoms with Crippen LogP contribution in [0.4, 0.5) is 13.2 Å². The minimum atomic E-state index is -1.25. The van der Waals surface area contributed by atoms with Gasteiger partial charge in [-0.3, -0.25) is 19.8 Å². The number of hydrogen-bond donors (Lipinski definition) is 2. The Morgan fingerprint density at radius 3 is 2.54 bits per heavy atom. The highest BCUT2D eigenvalue weighted by Crippen LogP contribution is 2.34. The number of halogens is 3. The van der Waals surface area contributed by atoms with Crippen molar-refractivity contribution in [2.75, 3.05) is 19.8 Å². The molecule has 0 radical (unpaired) electrons. The van der Waals surface area contributed by atoms with Gasteiger partial charge in [-0.25, -0.2) is 13.2 Å². The molecule has 2 aromatic rings. The first-order valence-electron chi connectivity index (χ1n) is 13.9. The number of ether oxygens (including phenoxy) is 1. The van der Waals surface area contributed by atoms with Crippen molar-refractivity contribution in [2.45, 2.75) is 82.7 Å². The van der Waals surface area contributed by atoms with Crippen LogP contribution in [-0.4, -0.2) is 60.5 Å². The number of carbonyl (C=O) groups is 2. The van der Waals surface area contributed by atoms with Crippen LogP contribution in [0.15, 0.2) is 42.5 Å². The summed E-state index contributed by atoms with van der Waals surface area (Å²) in [6.07, 6.45) is 2.82. The zero-order chi connectivity index (χ0) is 28.0. The van der Waals surface area contributed by atoms with E-state index in [1.54, 1.807) is 36.4 Å². The maximum Gasteiger partial charge on any atom is 0.261 e. The molecule has 2 heterocycles. The maximum atomic E-state index is 15.9. The highest BCUT2D eigenvalue weighted by atomic mass is 19.1. The summed E-state index contributed by atoms with van der Waals surface area (Å²) in [4.78, 5) is 27.9. The van der Waals surface area contributed by atoms with E-state index in [9.17, 15) is 14.0 Å². The molecule has 6 nitrogen and oxygen atoms in total. The third-order valence-corrected chi connectivity index (χ3v) is 8.05. The van der Waals surface area contributed by atoms with E-state index >= 15 is 8.78 Å². The Balaban J connectivity index is 1.56. The fourth-order valence-corrected chi connectivity index (χ4v) is 5.48. The average molecular weight is 546 g/mol. The Labute approximate surface area is 228 Å². The third-order valence-electron chi connectivity index (χ3n) is 8.05. The van der Waals surface area contributed by atoms with Crippen LogP contribution in [0, 0.1) is 5.82 Å². The van der Waals surface area contributed by atoms with Crippen molar-refractivity contribution < 1.29 is 27.5 Å². The van der Waals surface area contributed by atoms with Gasteiger partial charge in [-0.05, 0) is 55.4 Å². The van der Waals surface area contributed by atoms with Crippen LogP contribution < -0.4 is 15.4 Å². The molecular formula is C30H38F3N3O3. The molecule has 1 unspecified atom stereocenters. The van der Waals surface area contributed by atoms with Crippen LogP contribution >= 0.6 is 0 Å². The zero-order valence-corrected chi connectivity index (χ0v) is 22.7. The van der Waals surface area contributed by atoms with Crippen molar-refractivity contribution >= 4 is 11.8 Å². The molecule has 9 heteroatoms. The number of likely N-dealkylation sites (tertiary alicyclic amines) is 1. The van der Waals surface area contributed by atoms with Gasteiger partial charge < -0.3 is 10.1 Å². The number of imide groups is 1. The molecule has 2 amide bonds. The summed E-state index contributed by atoms with van der Waals surface area (Å²) in [6, 6.07) is 11.0. The van der Waals surface area contributed by atoms with Gasteiger partial charge in [0, 0.05) is 25.6 Å². The number of hydrogen-bond acceptors (Lipinski definition) is 5. The molecule has 0 aromatic heterocycles. The monoisotopic (exact) mass is 545 g/mol. The maximum absolute atomic E-state index is 15.9. The largest absolute Gasteiger partial charge is 0.475 e. The van der Waals surface area contributed by atoms with Crippen molar-refractivity contribution in [2.24, 2.45) is 0 Å². The van der Waals surface area contributed by atoms with Gasteiger partial charge in [-0.1, -0.05) is 50.6 Å². The van der Waals surface area contributed by atoms with E-state index in [1.165, 1.54) is 6.07 Å². The lowest BCUT2D eigenvalue weighted by Gasteiger charge is -2.38. The van der Waals surface area contributed by atoms with Gasteiger partial charge in [0.2, 0.25) is 5.91 Å². The first-order chi connectivity index (χ1) is 18.7. The lowest BCUT2D eigenvalue weighted by atomic mass is 9.87. The summed E-state index contributed by atoms with van der Waals surface area (Å²) in [5.74, 6) is -2.64. The van der Waals surface area contributed by atoms with Crippen molar-refractivity contribution in [1.82, 2.24) is 15.5 Å². The molecule has 2 aliphatic heterocycles. The summed E-state index contributed by atoms with van der Waals surface area (Å²) in [5.41, 5.74) is -0.677. The number of piperidine rings is 1. The molecule has 4 rings (SSSR count). The Morgan fingerprint density at radius 1 is 1.13 bits per heavy atom. The first-order valence-corrected chi connectivity index (χ1v) is 13.9. The lowest BCUT2D eigenvalue weighted by Crippen LogP contribution is -2.45. The third kappa shape index (κ3) is 7.00. The van der Waals surface area contributed by atoms with E-state index in [1.807, 2.05) is 18.7 Å². The number of benzene rings is 2. The van der Waals surface area contributed by atoms with Gasteiger partial charge in [0.15, 0.2) is 11.6 Å². The summed E-state index contributed by atoms with van der Waals surface area (Å²) >= 11 is 0. The average Bonchev–Trinajstić information content (AvgIpc) is 3.39. The summed E-state index contributed by atoms with van der Waals surface area (Å²) in [7, 11) is 0. The second-order valence-corrected chi connectivity index (χ2v) is 10.6.